The highest BCUT2D eigenvalue weighted by atomic mass is 19.1. The van der Waals surface area contributed by atoms with Crippen molar-refractivity contribution < 1.29 is 19.1 Å². The first kappa shape index (κ1) is 15.1. The molecule has 2 atom stereocenters. The van der Waals surface area contributed by atoms with Crippen molar-refractivity contribution in [3.63, 3.8) is 0 Å². The molecule has 0 heterocycles. The van der Waals surface area contributed by atoms with Crippen LogP contribution in [0.2, 0.25) is 0 Å². The zero-order valence-electron chi connectivity index (χ0n) is 11.0. The lowest BCUT2D eigenvalue weighted by Gasteiger charge is -2.17. The van der Waals surface area contributed by atoms with Gasteiger partial charge in [0.1, 0.15) is 5.82 Å². The van der Waals surface area contributed by atoms with Crippen LogP contribution in [-0.2, 0) is 9.59 Å². The maximum atomic E-state index is 13.1. The maximum absolute atomic E-state index is 13.1. The van der Waals surface area contributed by atoms with Crippen LogP contribution in [0.3, 0.4) is 0 Å². The highest BCUT2D eigenvalue weighted by Crippen LogP contribution is 2.16. The summed E-state index contributed by atoms with van der Waals surface area (Å²) in [5, 5.41) is 11.3. The molecule has 19 heavy (non-hydrogen) atoms. The third-order valence-corrected chi connectivity index (χ3v) is 2.92. The summed E-state index contributed by atoms with van der Waals surface area (Å²) in [7, 11) is 0. The lowest BCUT2D eigenvalue weighted by molar-refractivity contribution is -0.137. The fourth-order valence-corrected chi connectivity index (χ4v) is 1.71. The molecule has 0 aromatic heterocycles. The maximum Gasteiger partial charge on any atom is 0.303 e. The van der Waals surface area contributed by atoms with Crippen molar-refractivity contribution >= 4 is 11.9 Å². The molecule has 5 heteroatoms. The number of aliphatic carboxylic acids is 1. The number of rotatable bonds is 6. The highest BCUT2D eigenvalue weighted by molar-refractivity contribution is 5.83. The monoisotopic (exact) mass is 267 g/mol. The van der Waals surface area contributed by atoms with Gasteiger partial charge < -0.3 is 10.4 Å². The first-order valence-electron chi connectivity index (χ1n) is 6.17. The van der Waals surface area contributed by atoms with E-state index >= 15 is 0 Å². The second-order valence-electron chi connectivity index (χ2n) is 4.62. The molecule has 4 nitrogen and oxygen atoms in total. The van der Waals surface area contributed by atoms with Gasteiger partial charge in [0.05, 0.1) is 5.92 Å². The van der Waals surface area contributed by atoms with E-state index in [-0.39, 0.29) is 24.2 Å². The molecule has 0 saturated carbocycles. The molecular weight excluding hydrogens is 249 g/mol. The minimum atomic E-state index is -0.890. The topological polar surface area (TPSA) is 66.4 Å². The average Bonchev–Trinajstić information content (AvgIpc) is 2.35. The molecule has 0 saturated heterocycles. The molecule has 0 radical (unpaired) electrons. The van der Waals surface area contributed by atoms with Gasteiger partial charge in [-0.2, -0.15) is 0 Å². The second kappa shape index (κ2) is 6.87. The number of carbonyl (C=O) groups excluding carboxylic acids is 1. The molecule has 0 spiro atoms. The first-order valence-corrected chi connectivity index (χ1v) is 6.17. The van der Waals surface area contributed by atoms with E-state index in [9.17, 15) is 14.0 Å². The first-order chi connectivity index (χ1) is 8.90. The Hall–Kier alpha value is -1.91. The normalized spacial score (nSPS) is 13.6. The number of carboxylic acids is 1. The van der Waals surface area contributed by atoms with E-state index in [0.717, 1.165) is 0 Å². The number of hydrogen-bond acceptors (Lipinski definition) is 2. The van der Waals surface area contributed by atoms with Gasteiger partial charge in [0.15, 0.2) is 0 Å². The number of halogens is 1. The third kappa shape index (κ3) is 5.07. The van der Waals surface area contributed by atoms with Gasteiger partial charge >= 0.3 is 5.97 Å². The number of carboxylic acid groups (broad SMARTS) is 1. The lowest BCUT2D eigenvalue weighted by Crippen LogP contribution is -2.35. The Morgan fingerprint density at radius 1 is 1.37 bits per heavy atom. The molecule has 1 aromatic rings. The largest absolute Gasteiger partial charge is 0.481 e. The van der Waals surface area contributed by atoms with E-state index in [2.05, 4.69) is 5.32 Å². The van der Waals surface area contributed by atoms with Crippen LogP contribution in [0.5, 0.6) is 0 Å². The summed E-state index contributed by atoms with van der Waals surface area (Å²) < 4.78 is 13.1. The molecule has 2 N–H and O–H groups in total. The number of nitrogens with one attached hydrogen (secondary N) is 1. The summed E-state index contributed by atoms with van der Waals surface area (Å²) in [6, 6.07) is 5.67. The Morgan fingerprint density at radius 2 is 2.05 bits per heavy atom. The lowest BCUT2D eigenvalue weighted by atomic mass is 9.99. The molecule has 1 amide bonds. The van der Waals surface area contributed by atoms with Crippen LogP contribution in [0.15, 0.2) is 24.3 Å². The van der Waals surface area contributed by atoms with Crippen LogP contribution in [0.4, 0.5) is 4.39 Å². The molecule has 0 aliphatic carbocycles. The van der Waals surface area contributed by atoms with Crippen LogP contribution in [0, 0.1) is 5.82 Å². The van der Waals surface area contributed by atoms with Gasteiger partial charge in [-0.3, -0.25) is 9.59 Å². The van der Waals surface area contributed by atoms with Crippen LogP contribution < -0.4 is 5.32 Å². The number of amides is 1. The van der Waals surface area contributed by atoms with Crippen molar-refractivity contribution in [3.8, 4) is 0 Å². The van der Waals surface area contributed by atoms with Gasteiger partial charge in [-0.25, -0.2) is 4.39 Å². The molecule has 0 aliphatic heterocycles. The summed E-state index contributed by atoms with van der Waals surface area (Å²) in [5.41, 5.74) is 0.600. The van der Waals surface area contributed by atoms with E-state index < -0.39 is 11.9 Å². The summed E-state index contributed by atoms with van der Waals surface area (Å²) >= 11 is 0. The summed E-state index contributed by atoms with van der Waals surface area (Å²) in [6.45, 7) is 3.44. The quantitative estimate of drug-likeness (QED) is 0.831. The van der Waals surface area contributed by atoms with Crippen molar-refractivity contribution in [3.05, 3.63) is 35.6 Å². The van der Waals surface area contributed by atoms with Crippen molar-refractivity contribution in [2.45, 2.75) is 38.6 Å². The minimum Gasteiger partial charge on any atom is -0.481 e. The smallest absolute Gasteiger partial charge is 0.303 e. The Morgan fingerprint density at radius 3 is 2.63 bits per heavy atom. The van der Waals surface area contributed by atoms with Crippen molar-refractivity contribution in [2.24, 2.45) is 0 Å². The van der Waals surface area contributed by atoms with Crippen LogP contribution in [-0.4, -0.2) is 23.0 Å². The Bertz CT molecular complexity index is 462. The van der Waals surface area contributed by atoms with Gasteiger partial charge in [0, 0.05) is 12.5 Å². The van der Waals surface area contributed by atoms with Crippen LogP contribution >= 0.6 is 0 Å². The number of hydrogen-bond donors (Lipinski definition) is 2. The Balaban J connectivity index is 2.55. The molecule has 1 rings (SSSR count). The van der Waals surface area contributed by atoms with Gasteiger partial charge in [-0.05, 0) is 38.0 Å². The number of carbonyl (C=O) groups is 2. The van der Waals surface area contributed by atoms with Crippen LogP contribution in [0.1, 0.15) is 38.2 Å². The van der Waals surface area contributed by atoms with Crippen molar-refractivity contribution in [2.75, 3.05) is 0 Å². The summed E-state index contributed by atoms with van der Waals surface area (Å²) in [4.78, 5) is 22.4. The van der Waals surface area contributed by atoms with Gasteiger partial charge in [-0.1, -0.05) is 12.1 Å². The van der Waals surface area contributed by atoms with Gasteiger partial charge in [0.25, 0.3) is 0 Å². The Kier molecular flexibility index (Phi) is 5.48. The predicted octanol–water partition coefficient (Wildman–Crippen LogP) is 2.30. The molecule has 0 aliphatic rings. The SMILES string of the molecule is CC(CCC(=O)O)NC(=O)C(C)c1cccc(F)c1. The molecule has 0 fully saturated rings. The van der Waals surface area contributed by atoms with E-state index in [0.29, 0.717) is 12.0 Å². The second-order valence-corrected chi connectivity index (χ2v) is 4.62. The van der Waals surface area contributed by atoms with Crippen molar-refractivity contribution in [1.29, 1.82) is 0 Å². The molecular formula is C14H18FNO3. The van der Waals surface area contributed by atoms with Gasteiger partial charge in [-0.15, -0.1) is 0 Å². The van der Waals surface area contributed by atoms with E-state index in [1.807, 2.05) is 0 Å². The van der Waals surface area contributed by atoms with Crippen molar-refractivity contribution in [1.82, 2.24) is 5.32 Å². The number of benzene rings is 1. The van der Waals surface area contributed by atoms with Gasteiger partial charge in [0.2, 0.25) is 5.91 Å². The molecule has 1 aromatic carbocycles. The van der Waals surface area contributed by atoms with Crippen LogP contribution in [0.25, 0.3) is 0 Å². The fraction of sp³-hybridized carbons (Fsp3) is 0.429. The zero-order chi connectivity index (χ0) is 14.4. The van der Waals surface area contributed by atoms with E-state index in [1.165, 1.54) is 12.1 Å². The molecule has 2 unspecified atom stereocenters. The minimum absolute atomic E-state index is 0.00972. The predicted molar refractivity (Wildman–Crippen MR) is 69.3 cm³/mol. The third-order valence-electron chi connectivity index (χ3n) is 2.92. The Labute approximate surface area is 111 Å². The summed E-state index contributed by atoms with van der Waals surface area (Å²) in [6.07, 6.45) is 0.382. The average molecular weight is 267 g/mol. The standard InChI is InChI=1S/C14H18FNO3/c1-9(6-7-13(17)18)16-14(19)10(2)11-4-3-5-12(15)8-11/h3-5,8-10H,6-7H2,1-2H3,(H,16,19)(H,17,18). The zero-order valence-corrected chi connectivity index (χ0v) is 11.0. The molecule has 0 bridgehead atoms. The molecule has 104 valence electrons. The van der Waals surface area contributed by atoms with E-state index in [4.69, 9.17) is 5.11 Å². The summed E-state index contributed by atoms with van der Waals surface area (Å²) in [5.74, 6) is -1.97. The fourth-order valence-electron chi connectivity index (χ4n) is 1.71. The highest BCUT2D eigenvalue weighted by Gasteiger charge is 2.17. The van der Waals surface area contributed by atoms with E-state index in [1.54, 1.807) is 26.0 Å².